The number of esters is 1. The average Bonchev–Trinajstić information content (AvgIpc) is 2.70. The Labute approximate surface area is 184 Å². The predicted molar refractivity (Wildman–Crippen MR) is 105 cm³/mol. The van der Waals surface area contributed by atoms with E-state index in [0.29, 0.717) is 0 Å². The Bertz CT molecular complexity index is 689. The zero-order valence-electron chi connectivity index (χ0n) is 18.1. The number of nitrogens with one attached hydrogen (secondary N) is 2. The number of carboxylic acid groups (broad SMARTS) is 1. The summed E-state index contributed by atoms with van der Waals surface area (Å²) in [5.74, 6) is -3.81. The lowest BCUT2D eigenvalue weighted by molar-refractivity contribution is -0.313. The Morgan fingerprint density at radius 1 is 1.06 bits per heavy atom. The minimum absolute atomic E-state index is 0.708. The number of hydrogen-bond acceptors (Lipinski definition) is 11. The van der Waals surface area contributed by atoms with Crippen LogP contribution in [0.3, 0.4) is 0 Å². The standard InChI is InChI=1S/C18H31N3O11/c1-6(19)15(26)21-11(16(27)20-7(2)17(28)29)8(3)30-18-14(31-9(4)23)13(25)12(24)10(5-22)32-18/h6-8,10-14,18,22,24-25H,5,19H2,1-4H3,(H,20,27)(H,21,26)(H,28,29)/t6-,7+,8-,10-,11+,12+,13+,14-,18+/m1/s1. The van der Waals surface area contributed by atoms with Crippen molar-refractivity contribution in [3.63, 3.8) is 0 Å². The van der Waals surface area contributed by atoms with E-state index in [4.69, 9.17) is 25.1 Å². The first-order valence-electron chi connectivity index (χ1n) is 9.84. The summed E-state index contributed by atoms with van der Waals surface area (Å²) >= 11 is 0. The first-order chi connectivity index (χ1) is 14.8. The topological polar surface area (TPSA) is 227 Å². The summed E-state index contributed by atoms with van der Waals surface area (Å²) in [7, 11) is 0. The van der Waals surface area contributed by atoms with Crippen LogP contribution in [0.25, 0.3) is 0 Å². The lowest BCUT2D eigenvalue weighted by atomic mass is 9.99. The van der Waals surface area contributed by atoms with E-state index < -0.39 is 85.3 Å². The second-order valence-electron chi connectivity index (χ2n) is 7.47. The van der Waals surface area contributed by atoms with Gasteiger partial charge in [0.1, 0.15) is 30.4 Å². The summed E-state index contributed by atoms with van der Waals surface area (Å²) in [5.41, 5.74) is 5.52. The van der Waals surface area contributed by atoms with Gasteiger partial charge in [-0.25, -0.2) is 0 Å². The highest BCUT2D eigenvalue weighted by Gasteiger charge is 2.48. The summed E-state index contributed by atoms with van der Waals surface area (Å²) < 4.78 is 16.0. The second kappa shape index (κ2) is 12.0. The number of carbonyl (C=O) groups excluding carboxylic acids is 3. The molecule has 1 saturated heterocycles. The van der Waals surface area contributed by atoms with E-state index in [1.165, 1.54) is 20.8 Å². The van der Waals surface area contributed by atoms with Crippen molar-refractivity contribution in [2.45, 2.75) is 82.6 Å². The Hall–Kier alpha value is -2.36. The summed E-state index contributed by atoms with van der Waals surface area (Å²) in [4.78, 5) is 47.2. The van der Waals surface area contributed by atoms with Crippen LogP contribution in [0.2, 0.25) is 0 Å². The Balaban J connectivity index is 3.13. The molecule has 1 rings (SSSR count). The molecule has 0 aliphatic carbocycles. The number of aliphatic carboxylic acids is 1. The summed E-state index contributed by atoms with van der Waals surface area (Å²) in [6.45, 7) is 4.24. The van der Waals surface area contributed by atoms with Crippen LogP contribution >= 0.6 is 0 Å². The fourth-order valence-corrected chi connectivity index (χ4v) is 2.82. The molecule has 1 aliphatic rings. The predicted octanol–water partition coefficient (Wildman–Crippen LogP) is -3.82. The first kappa shape index (κ1) is 27.7. The van der Waals surface area contributed by atoms with Crippen molar-refractivity contribution < 1.29 is 53.8 Å². The summed E-state index contributed by atoms with van der Waals surface area (Å²) in [6, 6.07) is -3.77. The lowest BCUT2D eigenvalue weighted by Gasteiger charge is -2.42. The number of aliphatic hydroxyl groups excluding tert-OH is 3. The highest BCUT2D eigenvalue weighted by molar-refractivity contribution is 5.91. The van der Waals surface area contributed by atoms with Crippen LogP contribution in [0.1, 0.15) is 27.7 Å². The molecule has 0 bridgehead atoms. The second-order valence-corrected chi connectivity index (χ2v) is 7.47. The number of carbonyl (C=O) groups is 4. The molecule has 8 N–H and O–H groups in total. The molecular formula is C18H31N3O11. The smallest absolute Gasteiger partial charge is 0.325 e. The van der Waals surface area contributed by atoms with Crippen LogP contribution in [-0.2, 0) is 33.4 Å². The van der Waals surface area contributed by atoms with Crippen LogP contribution in [0, 0.1) is 0 Å². The molecule has 0 radical (unpaired) electrons. The van der Waals surface area contributed by atoms with E-state index in [0.717, 1.165) is 6.92 Å². The van der Waals surface area contributed by atoms with Gasteiger partial charge >= 0.3 is 11.9 Å². The molecule has 1 fully saturated rings. The fourth-order valence-electron chi connectivity index (χ4n) is 2.82. The van der Waals surface area contributed by atoms with E-state index in [2.05, 4.69) is 10.6 Å². The quantitative estimate of drug-likeness (QED) is 0.154. The van der Waals surface area contributed by atoms with Gasteiger partial charge in [-0.2, -0.15) is 0 Å². The fraction of sp³-hybridized carbons (Fsp3) is 0.778. The number of aliphatic hydroxyl groups is 3. The average molecular weight is 465 g/mol. The van der Waals surface area contributed by atoms with Gasteiger partial charge in [-0.05, 0) is 20.8 Å². The van der Waals surface area contributed by atoms with Gasteiger partial charge in [-0.15, -0.1) is 0 Å². The molecule has 184 valence electrons. The molecule has 9 atom stereocenters. The maximum Gasteiger partial charge on any atom is 0.325 e. The third-order valence-corrected chi connectivity index (χ3v) is 4.67. The molecular weight excluding hydrogens is 434 g/mol. The normalized spacial score (nSPS) is 29.2. The Kier molecular flexibility index (Phi) is 10.4. The van der Waals surface area contributed by atoms with Gasteiger partial charge in [0, 0.05) is 6.92 Å². The van der Waals surface area contributed by atoms with Crippen molar-refractivity contribution in [2.75, 3.05) is 6.61 Å². The number of rotatable bonds is 10. The molecule has 0 aromatic heterocycles. The third-order valence-electron chi connectivity index (χ3n) is 4.67. The summed E-state index contributed by atoms with van der Waals surface area (Å²) in [5, 5.41) is 43.2. The SMILES string of the molecule is CC(=O)O[C@H]1[C@@H](O[C@H](C)[C@H](NC(=O)[C@@H](C)N)C(=O)N[C@@H](C)C(=O)O)O[C@H](CO)[C@H](O)[C@@H]1O. The van der Waals surface area contributed by atoms with Crippen molar-refractivity contribution in [1.82, 2.24) is 10.6 Å². The van der Waals surface area contributed by atoms with Crippen molar-refractivity contribution in [1.29, 1.82) is 0 Å². The van der Waals surface area contributed by atoms with Crippen LogP contribution in [-0.4, -0.2) is 106 Å². The number of carboxylic acids is 1. The number of ether oxygens (including phenoxy) is 3. The third kappa shape index (κ3) is 7.36. The number of nitrogens with two attached hydrogens (primary N) is 1. The summed E-state index contributed by atoms with van der Waals surface area (Å²) in [6.07, 6.45) is -8.91. The molecule has 1 heterocycles. The van der Waals surface area contributed by atoms with Gasteiger partial charge in [0.05, 0.1) is 18.8 Å². The van der Waals surface area contributed by atoms with Gasteiger partial charge in [-0.1, -0.05) is 0 Å². The molecule has 0 saturated carbocycles. The zero-order chi connectivity index (χ0) is 24.7. The minimum Gasteiger partial charge on any atom is -0.480 e. The zero-order valence-corrected chi connectivity index (χ0v) is 18.1. The largest absolute Gasteiger partial charge is 0.480 e. The van der Waals surface area contributed by atoms with Gasteiger partial charge in [0.2, 0.25) is 11.8 Å². The van der Waals surface area contributed by atoms with Crippen molar-refractivity contribution >= 4 is 23.8 Å². The number of hydrogen-bond donors (Lipinski definition) is 7. The molecule has 14 heteroatoms. The van der Waals surface area contributed by atoms with Crippen molar-refractivity contribution in [3.05, 3.63) is 0 Å². The Morgan fingerprint density at radius 3 is 2.12 bits per heavy atom. The van der Waals surface area contributed by atoms with E-state index >= 15 is 0 Å². The van der Waals surface area contributed by atoms with Crippen molar-refractivity contribution in [3.8, 4) is 0 Å². The minimum atomic E-state index is -1.69. The van der Waals surface area contributed by atoms with Gasteiger partial charge < -0.3 is 51.0 Å². The molecule has 0 unspecified atom stereocenters. The van der Waals surface area contributed by atoms with E-state index in [-0.39, 0.29) is 0 Å². The Morgan fingerprint density at radius 2 is 1.66 bits per heavy atom. The molecule has 0 spiro atoms. The van der Waals surface area contributed by atoms with Gasteiger partial charge in [0.25, 0.3) is 0 Å². The molecule has 0 aromatic carbocycles. The molecule has 0 aromatic rings. The highest BCUT2D eigenvalue weighted by Crippen LogP contribution is 2.26. The van der Waals surface area contributed by atoms with Crippen LogP contribution in [0.4, 0.5) is 0 Å². The monoisotopic (exact) mass is 465 g/mol. The molecule has 1 aliphatic heterocycles. The van der Waals surface area contributed by atoms with Crippen LogP contribution in [0.15, 0.2) is 0 Å². The van der Waals surface area contributed by atoms with Crippen LogP contribution < -0.4 is 16.4 Å². The first-order valence-corrected chi connectivity index (χ1v) is 9.84. The van der Waals surface area contributed by atoms with E-state index in [1.54, 1.807) is 0 Å². The molecule has 2 amide bonds. The van der Waals surface area contributed by atoms with E-state index in [9.17, 15) is 34.5 Å². The van der Waals surface area contributed by atoms with Gasteiger partial charge in [0.15, 0.2) is 12.4 Å². The van der Waals surface area contributed by atoms with Crippen molar-refractivity contribution in [2.24, 2.45) is 5.73 Å². The van der Waals surface area contributed by atoms with Gasteiger partial charge in [-0.3, -0.25) is 19.2 Å². The lowest BCUT2D eigenvalue weighted by Crippen LogP contribution is -2.63. The van der Waals surface area contributed by atoms with E-state index in [1.807, 2.05) is 0 Å². The molecule has 32 heavy (non-hydrogen) atoms. The maximum absolute atomic E-state index is 12.6. The maximum atomic E-state index is 12.6. The van der Waals surface area contributed by atoms with Crippen LogP contribution in [0.5, 0.6) is 0 Å². The number of amides is 2. The molecule has 14 nitrogen and oxygen atoms in total. The highest BCUT2D eigenvalue weighted by atomic mass is 16.7.